The number of aliphatic hydroxyl groups is 2. The largest absolute Gasteiger partial charge is 0.496 e. The minimum Gasteiger partial charge on any atom is -0.496 e. The summed E-state index contributed by atoms with van der Waals surface area (Å²) in [5.41, 5.74) is 0.248. The molecule has 1 atom stereocenters. The Morgan fingerprint density at radius 3 is 1.88 bits per heavy atom. The zero-order valence-electron chi connectivity index (χ0n) is 28.6. The van der Waals surface area contributed by atoms with Gasteiger partial charge in [0.1, 0.15) is 23.2 Å². The number of fused-ring (bicyclic) bond motifs is 2. The van der Waals surface area contributed by atoms with Crippen LogP contribution in [0.15, 0.2) is 73.3 Å². The van der Waals surface area contributed by atoms with E-state index in [1.807, 2.05) is 30.3 Å². The summed E-state index contributed by atoms with van der Waals surface area (Å²) in [5.74, 6) is 3.33. The lowest BCUT2D eigenvalue weighted by atomic mass is 9.79. The van der Waals surface area contributed by atoms with Gasteiger partial charge in [-0.05, 0) is 75.6 Å². The molecular formula is C37H39N11O4. The van der Waals surface area contributed by atoms with Gasteiger partial charge in [0.15, 0.2) is 11.6 Å². The molecule has 4 N–H and O–H groups in total. The Morgan fingerprint density at radius 2 is 1.33 bits per heavy atom. The van der Waals surface area contributed by atoms with Gasteiger partial charge in [-0.1, -0.05) is 12.1 Å². The van der Waals surface area contributed by atoms with Crippen LogP contribution < -0.4 is 20.1 Å². The molecule has 6 aromatic rings. The number of methoxy groups -OCH3 is 1. The number of hydrogen-bond acceptors (Lipinski definition) is 13. The third-order valence-electron chi connectivity index (χ3n) is 10.1. The molecule has 2 aliphatic rings. The number of aliphatic hydroxyl groups excluding tert-OH is 1. The van der Waals surface area contributed by atoms with Crippen LogP contribution in [-0.4, -0.2) is 86.7 Å². The van der Waals surface area contributed by atoms with E-state index in [2.05, 4.69) is 36.9 Å². The molecule has 0 spiro atoms. The van der Waals surface area contributed by atoms with Gasteiger partial charge in [0.05, 0.1) is 47.4 Å². The summed E-state index contributed by atoms with van der Waals surface area (Å²) in [6.07, 6.45) is 10.5. The topological polar surface area (TPSA) is 194 Å². The summed E-state index contributed by atoms with van der Waals surface area (Å²) >= 11 is 0. The molecule has 1 unspecified atom stereocenters. The normalized spacial score (nSPS) is 22.5. The Kier molecular flexibility index (Phi) is 9.00. The number of benzene rings is 2. The zero-order valence-corrected chi connectivity index (χ0v) is 28.6. The molecule has 2 aliphatic carbocycles. The zero-order chi connectivity index (χ0) is 35.7. The minimum absolute atomic E-state index is 0.0112. The lowest BCUT2D eigenvalue weighted by Crippen LogP contribution is -2.49. The van der Waals surface area contributed by atoms with Crippen LogP contribution in [-0.2, 0) is 0 Å². The van der Waals surface area contributed by atoms with Gasteiger partial charge in [0.2, 0.25) is 18.0 Å². The molecule has 0 radical (unpaired) electrons. The van der Waals surface area contributed by atoms with Gasteiger partial charge in [0.25, 0.3) is 0 Å². The van der Waals surface area contributed by atoms with Crippen molar-refractivity contribution < 1.29 is 19.7 Å². The molecule has 0 saturated heterocycles. The van der Waals surface area contributed by atoms with Gasteiger partial charge in [-0.3, -0.25) is 0 Å². The molecule has 4 aromatic heterocycles. The summed E-state index contributed by atoms with van der Waals surface area (Å²) in [7, 11) is 1.63. The Labute approximate surface area is 299 Å². The second kappa shape index (κ2) is 14.0. The molecule has 2 aromatic carbocycles. The van der Waals surface area contributed by atoms with E-state index in [9.17, 15) is 15.5 Å². The summed E-state index contributed by atoms with van der Waals surface area (Å²) in [6, 6.07) is 17.3. The quantitative estimate of drug-likeness (QED) is 0.153. The van der Waals surface area contributed by atoms with Crippen LogP contribution in [0.3, 0.4) is 0 Å². The minimum atomic E-state index is -1.36. The number of hydrogen-bond donors (Lipinski definition) is 4. The maximum absolute atomic E-state index is 11.7. The molecule has 0 bridgehead atoms. The Morgan fingerprint density at radius 1 is 0.788 bits per heavy atom. The van der Waals surface area contributed by atoms with Gasteiger partial charge in [-0.15, -0.1) is 0 Å². The third kappa shape index (κ3) is 6.54. The highest BCUT2D eigenvalue weighted by atomic mass is 16.5. The fourth-order valence-electron chi connectivity index (χ4n) is 7.26. The first kappa shape index (κ1) is 33.3. The lowest BCUT2D eigenvalue weighted by molar-refractivity contribution is -0.0640. The van der Waals surface area contributed by atoms with E-state index in [4.69, 9.17) is 19.4 Å². The molecule has 15 nitrogen and oxygen atoms in total. The van der Waals surface area contributed by atoms with Gasteiger partial charge in [-0.2, -0.15) is 25.4 Å². The van der Waals surface area contributed by atoms with Crippen LogP contribution in [0.1, 0.15) is 51.4 Å². The number of nitriles is 1. The molecule has 4 heterocycles. The molecular weight excluding hydrogens is 662 g/mol. The van der Waals surface area contributed by atoms with Gasteiger partial charge >= 0.3 is 0 Å². The average Bonchev–Trinajstić information content (AvgIpc) is 3.82. The van der Waals surface area contributed by atoms with E-state index in [-0.39, 0.29) is 18.2 Å². The molecule has 8 rings (SSSR count). The highest BCUT2D eigenvalue weighted by Crippen LogP contribution is 2.36. The van der Waals surface area contributed by atoms with Crippen molar-refractivity contribution in [3.05, 3.63) is 73.3 Å². The first-order chi connectivity index (χ1) is 25.4. The van der Waals surface area contributed by atoms with Crippen LogP contribution >= 0.6 is 0 Å². The van der Waals surface area contributed by atoms with Crippen LogP contribution in [0.25, 0.3) is 33.4 Å². The van der Waals surface area contributed by atoms with E-state index >= 15 is 0 Å². The highest BCUT2D eigenvalue weighted by Gasteiger charge is 2.42. The number of anilines is 2. The van der Waals surface area contributed by atoms with Crippen molar-refractivity contribution in [2.24, 2.45) is 0 Å². The lowest BCUT2D eigenvalue weighted by Gasteiger charge is -2.38. The smallest absolute Gasteiger partial charge is 0.224 e. The summed E-state index contributed by atoms with van der Waals surface area (Å²) in [6.45, 7) is 0. The standard InChI is InChI=1S/C37H39N11O4/c1-51-30-6-2-4-28-26(30)21-41-47(28)33-14-19-40-36(46-33)44-24-12-16-37(50,17-13-24)32(20-38)52-31-7-3-5-29-27(31)22-42-48(29)34-15-18-39-35(45-34)43-23-8-10-25(49)11-9-23/h2-7,14-15,18-19,21-25,32,49-50H,8-13,16-17H2,1H3,(H,39,43,45)(H,40,44,46). The molecule has 52 heavy (non-hydrogen) atoms. The fraction of sp³-hybridized carbons (Fsp3) is 0.378. The third-order valence-corrected chi connectivity index (χ3v) is 10.1. The molecule has 2 fully saturated rings. The SMILES string of the molecule is COc1cccc2c1cnn2-c1ccnc(NC2CCC(O)(C(C#N)Oc3cccc4c3cnn4-c3ccnc(NC4CCC(O)CC4)n3)CC2)n1. The summed E-state index contributed by atoms with van der Waals surface area (Å²) in [4.78, 5) is 18.2. The van der Waals surface area contributed by atoms with E-state index in [1.54, 1.807) is 59.5 Å². The van der Waals surface area contributed by atoms with Gasteiger partial charge in [-0.25, -0.2) is 19.3 Å². The number of rotatable bonds is 10. The van der Waals surface area contributed by atoms with Crippen LogP contribution in [0, 0.1) is 11.3 Å². The van der Waals surface area contributed by atoms with Crippen molar-refractivity contribution >= 4 is 33.7 Å². The van der Waals surface area contributed by atoms with E-state index in [1.165, 1.54) is 0 Å². The predicted octanol–water partition coefficient (Wildman–Crippen LogP) is 4.73. The first-order valence-electron chi connectivity index (χ1n) is 17.5. The molecule has 15 heteroatoms. The predicted molar refractivity (Wildman–Crippen MR) is 193 cm³/mol. The van der Waals surface area contributed by atoms with Crippen molar-refractivity contribution in [2.75, 3.05) is 17.7 Å². The molecule has 2 saturated carbocycles. The average molecular weight is 702 g/mol. The van der Waals surface area contributed by atoms with Crippen LogP contribution in [0.5, 0.6) is 11.5 Å². The molecule has 0 amide bonds. The maximum atomic E-state index is 11.7. The number of ether oxygens (including phenoxy) is 2. The van der Waals surface area contributed by atoms with E-state index in [0.29, 0.717) is 60.4 Å². The number of nitrogens with zero attached hydrogens (tertiary/aromatic N) is 9. The van der Waals surface area contributed by atoms with E-state index in [0.717, 1.165) is 47.9 Å². The highest BCUT2D eigenvalue weighted by molar-refractivity contribution is 5.87. The monoisotopic (exact) mass is 701 g/mol. The Bertz CT molecular complexity index is 2230. The molecule has 266 valence electrons. The van der Waals surface area contributed by atoms with Crippen LogP contribution in [0.2, 0.25) is 0 Å². The fourth-order valence-corrected chi connectivity index (χ4v) is 7.26. The molecule has 0 aliphatic heterocycles. The number of nitrogens with one attached hydrogen (secondary N) is 2. The Balaban J connectivity index is 0.933. The van der Waals surface area contributed by atoms with Crippen molar-refractivity contribution in [2.45, 2.75) is 81.3 Å². The van der Waals surface area contributed by atoms with Crippen molar-refractivity contribution in [1.29, 1.82) is 5.26 Å². The second-order valence-corrected chi connectivity index (χ2v) is 13.5. The van der Waals surface area contributed by atoms with Crippen molar-refractivity contribution in [1.82, 2.24) is 39.5 Å². The number of aromatic nitrogens is 8. The van der Waals surface area contributed by atoms with Crippen LogP contribution in [0.4, 0.5) is 11.9 Å². The Hall–Kier alpha value is -5.85. The van der Waals surface area contributed by atoms with Gasteiger partial charge < -0.3 is 30.3 Å². The van der Waals surface area contributed by atoms with Crippen molar-refractivity contribution in [3.8, 4) is 29.2 Å². The second-order valence-electron chi connectivity index (χ2n) is 13.5. The maximum Gasteiger partial charge on any atom is 0.224 e. The van der Waals surface area contributed by atoms with E-state index < -0.39 is 11.7 Å². The van der Waals surface area contributed by atoms with Crippen molar-refractivity contribution in [3.63, 3.8) is 0 Å². The first-order valence-corrected chi connectivity index (χ1v) is 17.5. The summed E-state index contributed by atoms with van der Waals surface area (Å²) in [5, 5.41) is 49.3. The summed E-state index contributed by atoms with van der Waals surface area (Å²) < 4.78 is 15.2. The van der Waals surface area contributed by atoms with Gasteiger partial charge in [0, 0.05) is 36.6 Å².